The number of halogens is 1. The molecule has 2 fully saturated rings. The van der Waals surface area contributed by atoms with Crippen molar-refractivity contribution in [1.82, 2.24) is 19.8 Å². The van der Waals surface area contributed by atoms with Crippen LogP contribution in [0.3, 0.4) is 0 Å². The number of anilines is 1. The number of hydrogen-bond donors (Lipinski definition) is 1. The lowest BCUT2D eigenvalue weighted by atomic mass is 9.96. The highest BCUT2D eigenvalue weighted by Crippen LogP contribution is 2.43. The number of thiocarbonyl (C=S) groups is 1. The van der Waals surface area contributed by atoms with Crippen LogP contribution in [0.15, 0.2) is 59.2 Å². The molecule has 0 unspecified atom stereocenters. The van der Waals surface area contributed by atoms with Crippen molar-refractivity contribution in [2.45, 2.75) is 38.9 Å². The summed E-state index contributed by atoms with van der Waals surface area (Å²) in [4.78, 5) is 9.45. The fourth-order valence-electron chi connectivity index (χ4n) is 5.30. The lowest BCUT2D eigenvalue weighted by Crippen LogP contribution is -2.37. The number of nitrogens with zero attached hydrogens (tertiary/aromatic N) is 4. The van der Waals surface area contributed by atoms with E-state index < -0.39 is 0 Å². The van der Waals surface area contributed by atoms with Gasteiger partial charge in [0.2, 0.25) is 0 Å². The number of nitrogens with one attached hydrogen (secondary N) is 1. The van der Waals surface area contributed by atoms with Gasteiger partial charge >= 0.3 is 0 Å². The smallest absolute Gasteiger partial charge is 0.174 e. The summed E-state index contributed by atoms with van der Waals surface area (Å²) < 4.78 is 9.01. The van der Waals surface area contributed by atoms with Crippen molar-refractivity contribution in [1.29, 1.82) is 0 Å². The highest BCUT2D eigenvalue weighted by molar-refractivity contribution is 9.10. The zero-order valence-electron chi connectivity index (χ0n) is 20.3. The van der Waals surface area contributed by atoms with E-state index in [1.54, 1.807) is 0 Å². The molecule has 5 rings (SSSR count). The normalized spacial score (nSPS) is 20.9. The lowest BCUT2D eigenvalue weighted by molar-refractivity contribution is 0.0369. The molecular formula is C27H32BrN5OS. The maximum Gasteiger partial charge on any atom is 0.174 e. The predicted octanol–water partition coefficient (Wildman–Crippen LogP) is 5.16. The van der Waals surface area contributed by atoms with Gasteiger partial charge in [-0.3, -0.25) is 9.88 Å². The number of ether oxygens (including phenoxy) is 1. The zero-order chi connectivity index (χ0) is 24.4. The third-order valence-corrected chi connectivity index (χ3v) is 7.94. The lowest BCUT2D eigenvalue weighted by Gasteiger charge is -2.28. The average Bonchev–Trinajstić information content (AvgIpc) is 3.36. The van der Waals surface area contributed by atoms with E-state index in [2.05, 4.69) is 85.9 Å². The minimum absolute atomic E-state index is 0.0118. The number of rotatable bonds is 7. The van der Waals surface area contributed by atoms with E-state index in [0.29, 0.717) is 0 Å². The molecule has 4 heterocycles. The van der Waals surface area contributed by atoms with Gasteiger partial charge in [0.05, 0.1) is 31.0 Å². The first-order valence-electron chi connectivity index (χ1n) is 12.3. The molecule has 2 aliphatic rings. The Morgan fingerprint density at radius 3 is 2.57 bits per heavy atom. The molecule has 2 aromatic heterocycles. The average molecular weight is 555 g/mol. The largest absolute Gasteiger partial charge is 0.379 e. The Bertz CT molecular complexity index is 1160. The van der Waals surface area contributed by atoms with Crippen LogP contribution in [0, 0.1) is 13.8 Å². The molecule has 6 nitrogen and oxygen atoms in total. The van der Waals surface area contributed by atoms with E-state index in [-0.39, 0.29) is 12.1 Å². The van der Waals surface area contributed by atoms with Crippen LogP contribution in [0.1, 0.15) is 41.1 Å². The Hall–Kier alpha value is -2.26. The Kier molecular flexibility index (Phi) is 7.53. The van der Waals surface area contributed by atoms with Crippen molar-refractivity contribution >= 4 is 38.9 Å². The number of morpholine rings is 1. The van der Waals surface area contributed by atoms with Crippen LogP contribution < -0.4 is 10.2 Å². The van der Waals surface area contributed by atoms with Gasteiger partial charge in [0.15, 0.2) is 5.11 Å². The van der Waals surface area contributed by atoms with E-state index in [1.165, 1.54) is 17.0 Å². The third kappa shape index (κ3) is 5.16. The van der Waals surface area contributed by atoms with Crippen molar-refractivity contribution in [3.05, 3.63) is 81.8 Å². The van der Waals surface area contributed by atoms with Crippen LogP contribution in [0.5, 0.6) is 0 Å². The molecule has 3 aromatic rings. The molecule has 1 aromatic carbocycles. The van der Waals surface area contributed by atoms with Crippen LogP contribution >= 0.6 is 28.1 Å². The minimum atomic E-state index is -0.0327. The summed E-state index contributed by atoms with van der Waals surface area (Å²) in [6.07, 6.45) is 2.98. The summed E-state index contributed by atoms with van der Waals surface area (Å²) in [7, 11) is 0. The molecule has 2 aliphatic heterocycles. The molecule has 1 N–H and O–H groups in total. The Balaban J connectivity index is 1.46. The van der Waals surface area contributed by atoms with Crippen LogP contribution in [0.2, 0.25) is 0 Å². The van der Waals surface area contributed by atoms with E-state index in [0.717, 1.165) is 66.8 Å². The second-order valence-corrected chi connectivity index (χ2v) is 10.6. The molecule has 0 amide bonds. The highest BCUT2D eigenvalue weighted by Gasteiger charge is 2.42. The number of aromatic nitrogens is 2. The standard InChI is InChI=1S/C27H32BrN5OS/c1-19-18-23(20(2)32(19)13-5-12-31-14-16-34-17-15-31)26-25(24-6-3-4-11-29-24)30-27(35)33(26)22-9-7-21(28)8-10-22/h3-4,6-11,18,25-26H,5,12-17H2,1-2H3,(H,30,35)/t25-,26-/m0/s1. The second kappa shape index (κ2) is 10.8. The number of benzene rings is 1. The van der Waals surface area contributed by atoms with Gasteiger partial charge in [0, 0.05) is 53.9 Å². The summed E-state index contributed by atoms with van der Waals surface area (Å²) in [5.41, 5.74) is 5.94. The maximum atomic E-state index is 5.89. The van der Waals surface area contributed by atoms with E-state index in [9.17, 15) is 0 Å². The molecule has 2 atom stereocenters. The molecule has 0 saturated carbocycles. The van der Waals surface area contributed by atoms with Gasteiger partial charge in [-0.25, -0.2) is 0 Å². The Morgan fingerprint density at radius 2 is 1.86 bits per heavy atom. The molecule has 35 heavy (non-hydrogen) atoms. The van der Waals surface area contributed by atoms with Gasteiger partial charge in [-0.2, -0.15) is 0 Å². The predicted molar refractivity (Wildman–Crippen MR) is 148 cm³/mol. The summed E-state index contributed by atoms with van der Waals surface area (Å²) in [5, 5.41) is 4.31. The van der Waals surface area contributed by atoms with E-state index >= 15 is 0 Å². The van der Waals surface area contributed by atoms with Crippen LogP contribution in [0.25, 0.3) is 0 Å². The summed E-state index contributed by atoms with van der Waals surface area (Å²) in [6, 6.07) is 16.8. The van der Waals surface area contributed by atoms with Crippen LogP contribution in [-0.2, 0) is 11.3 Å². The first-order chi connectivity index (χ1) is 17.0. The molecule has 0 spiro atoms. The van der Waals surface area contributed by atoms with Crippen molar-refractivity contribution < 1.29 is 4.74 Å². The molecule has 0 bridgehead atoms. The van der Waals surface area contributed by atoms with Gasteiger partial charge in [-0.1, -0.05) is 22.0 Å². The quantitative estimate of drug-likeness (QED) is 0.407. The molecule has 8 heteroatoms. The second-order valence-electron chi connectivity index (χ2n) is 9.26. The fourth-order valence-corrected chi connectivity index (χ4v) is 5.91. The van der Waals surface area contributed by atoms with E-state index in [1.807, 2.05) is 18.3 Å². The van der Waals surface area contributed by atoms with Gasteiger partial charge in [-0.05, 0) is 80.5 Å². The van der Waals surface area contributed by atoms with Crippen LogP contribution in [0.4, 0.5) is 5.69 Å². The first-order valence-corrected chi connectivity index (χ1v) is 13.5. The summed E-state index contributed by atoms with van der Waals surface area (Å²) >= 11 is 9.45. The van der Waals surface area contributed by atoms with E-state index in [4.69, 9.17) is 21.9 Å². The topological polar surface area (TPSA) is 45.6 Å². The van der Waals surface area contributed by atoms with Crippen LogP contribution in [-0.4, -0.2) is 52.4 Å². The highest BCUT2D eigenvalue weighted by atomic mass is 79.9. The number of hydrogen-bond acceptors (Lipinski definition) is 4. The zero-order valence-corrected chi connectivity index (χ0v) is 22.7. The minimum Gasteiger partial charge on any atom is -0.379 e. The van der Waals surface area contributed by atoms with Gasteiger partial charge < -0.3 is 19.5 Å². The number of pyridine rings is 1. The third-order valence-electron chi connectivity index (χ3n) is 7.09. The molecule has 184 valence electrons. The van der Waals surface area contributed by atoms with Gasteiger partial charge in [-0.15, -0.1) is 0 Å². The number of aryl methyl sites for hydroxylation is 1. The van der Waals surface area contributed by atoms with Crippen molar-refractivity contribution in [2.24, 2.45) is 0 Å². The fraction of sp³-hybridized carbons (Fsp3) is 0.407. The monoisotopic (exact) mass is 553 g/mol. The van der Waals surface area contributed by atoms with Gasteiger partial charge in [0.25, 0.3) is 0 Å². The molecule has 2 saturated heterocycles. The molecule has 0 radical (unpaired) electrons. The summed E-state index contributed by atoms with van der Waals surface area (Å²) in [6.45, 7) is 10.3. The van der Waals surface area contributed by atoms with Gasteiger partial charge in [0.1, 0.15) is 0 Å². The Morgan fingerprint density at radius 1 is 1.09 bits per heavy atom. The summed E-state index contributed by atoms with van der Waals surface area (Å²) in [5.74, 6) is 0. The van der Waals surface area contributed by atoms with Crippen molar-refractivity contribution in [2.75, 3.05) is 37.7 Å². The molecule has 0 aliphatic carbocycles. The van der Waals surface area contributed by atoms with Crippen molar-refractivity contribution in [3.8, 4) is 0 Å². The maximum absolute atomic E-state index is 5.89. The SMILES string of the molecule is Cc1cc([C@H]2[C@H](c3ccccn3)NC(=S)N2c2ccc(Br)cc2)c(C)n1CCCN1CCOCC1. The molecular weight excluding hydrogens is 522 g/mol. The van der Waals surface area contributed by atoms with Crippen molar-refractivity contribution in [3.63, 3.8) is 0 Å². The Labute approximate surface area is 221 Å². The first kappa shape index (κ1) is 24.4.